The van der Waals surface area contributed by atoms with Crippen LogP contribution in [-0.2, 0) is 6.18 Å². The molecule has 1 heterocycles. The third-order valence-electron chi connectivity index (χ3n) is 3.40. The van der Waals surface area contributed by atoms with Gasteiger partial charge in [0.25, 0.3) is 0 Å². The van der Waals surface area contributed by atoms with Gasteiger partial charge in [-0.25, -0.2) is 4.98 Å². The smallest absolute Gasteiger partial charge is 0.318 e. The maximum Gasteiger partial charge on any atom is 0.416 e. The Bertz CT molecular complexity index is 796. The van der Waals surface area contributed by atoms with Crippen LogP contribution in [-0.4, -0.2) is 15.2 Å². The Morgan fingerprint density at radius 3 is 2.43 bits per heavy atom. The lowest BCUT2D eigenvalue weighted by Gasteiger charge is -2.08. The molecule has 3 N–H and O–H groups in total. The van der Waals surface area contributed by atoms with E-state index in [-0.39, 0.29) is 11.4 Å². The average Bonchev–Trinajstić information content (AvgIpc) is 3.04. The van der Waals surface area contributed by atoms with Gasteiger partial charge in [0.05, 0.1) is 11.6 Å². The van der Waals surface area contributed by atoms with Gasteiger partial charge in [0.15, 0.2) is 5.82 Å². The molecule has 3 rings (SSSR count). The van der Waals surface area contributed by atoms with Gasteiger partial charge in [-0.3, -0.25) is 5.10 Å². The summed E-state index contributed by atoms with van der Waals surface area (Å²) in [6.45, 7) is 0. The minimum atomic E-state index is -4.41. The number of hydrogen-bond acceptors (Lipinski definition) is 3. The number of alkyl halides is 3. The summed E-state index contributed by atoms with van der Waals surface area (Å²) in [5.41, 5.74) is 6.46. The zero-order valence-corrected chi connectivity index (χ0v) is 11.9. The SMILES string of the molecule is NC(c1ccccc1)c1nc(-c2cccc(C(F)(F)F)c2)n[nH]1. The van der Waals surface area contributed by atoms with Gasteiger partial charge in [-0.05, 0) is 17.7 Å². The van der Waals surface area contributed by atoms with Gasteiger partial charge < -0.3 is 5.73 Å². The minimum absolute atomic E-state index is 0.178. The molecule has 3 aromatic rings. The van der Waals surface area contributed by atoms with Gasteiger partial charge in [0.1, 0.15) is 5.82 Å². The highest BCUT2D eigenvalue weighted by atomic mass is 19.4. The summed E-state index contributed by atoms with van der Waals surface area (Å²) in [5, 5.41) is 6.67. The van der Waals surface area contributed by atoms with Gasteiger partial charge in [-0.1, -0.05) is 42.5 Å². The fourth-order valence-corrected chi connectivity index (χ4v) is 2.20. The Kier molecular flexibility index (Phi) is 3.87. The topological polar surface area (TPSA) is 67.6 Å². The summed E-state index contributed by atoms with van der Waals surface area (Å²) >= 11 is 0. The van der Waals surface area contributed by atoms with Crippen LogP contribution >= 0.6 is 0 Å². The Balaban J connectivity index is 1.91. The average molecular weight is 318 g/mol. The van der Waals surface area contributed by atoms with Crippen LogP contribution in [0.1, 0.15) is 23.0 Å². The highest BCUT2D eigenvalue weighted by Crippen LogP contribution is 2.31. The van der Waals surface area contributed by atoms with Crippen LogP contribution in [0.4, 0.5) is 13.2 Å². The number of hydrogen-bond donors (Lipinski definition) is 2. The summed E-state index contributed by atoms with van der Waals surface area (Å²) in [5.74, 6) is 0.570. The minimum Gasteiger partial charge on any atom is -0.318 e. The standard InChI is InChI=1S/C16H13F3N4/c17-16(18,19)12-8-4-7-11(9-12)14-21-15(23-22-14)13(20)10-5-2-1-3-6-10/h1-9,13H,20H2,(H,21,22,23). The van der Waals surface area contributed by atoms with E-state index >= 15 is 0 Å². The first kappa shape index (κ1) is 15.2. The molecule has 1 unspecified atom stereocenters. The summed E-state index contributed by atoms with van der Waals surface area (Å²) in [7, 11) is 0. The maximum atomic E-state index is 12.8. The first-order chi connectivity index (χ1) is 10.9. The Labute approximate surface area is 130 Å². The first-order valence-corrected chi connectivity index (χ1v) is 6.85. The van der Waals surface area contributed by atoms with Crippen molar-refractivity contribution in [3.05, 3.63) is 71.5 Å². The third kappa shape index (κ3) is 3.24. The molecule has 2 aromatic carbocycles. The van der Waals surface area contributed by atoms with Gasteiger partial charge in [0.2, 0.25) is 0 Å². The molecule has 0 radical (unpaired) electrons. The largest absolute Gasteiger partial charge is 0.416 e. The maximum absolute atomic E-state index is 12.8. The van der Waals surface area contributed by atoms with Crippen LogP contribution in [0.5, 0.6) is 0 Å². The molecule has 0 fully saturated rings. The van der Waals surface area contributed by atoms with Crippen molar-refractivity contribution in [2.75, 3.05) is 0 Å². The van der Waals surface area contributed by atoms with Crippen LogP contribution in [0.2, 0.25) is 0 Å². The quantitative estimate of drug-likeness (QED) is 0.776. The second-order valence-corrected chi connectivity index (χ2v) is 5.01. The molecular weight excluding hydrogens is 305 g/mol. The normalized spacial score (nSPS) is 13.0. The molecule has 0 bridgehead atoms. The highest BCUT2D eigenvalue weighted by molar-refractivity contribution is 5.56. The predicted octanol–water partition coefficient (Wildman–Crippen LogP) is 3.54. The summed E-state index contributed by atoms with van der Waals surface area (Å²) < 4.78 is 38.3. The van der Waals surface area contributed by atoms with Gasteiger partial charge in [0, 0.05) is 5.56 Å². The van der Waals surface area contributed by atoms with Gasteiger partial charge in [-0.2, -0.15) is 18.3 Å². The lowest BCUT2D eigenvalue weighted by atomic mass is 10.1. The number of nitrogens with two attached hydrogens (primary N) is 1. The molecule has 0 aliphatic carbocycles. The number of nitrogens with zero attached hydrogens (tertiary/aromatic N) is 2. The van der Waals surface area contributed by atoms with E-state index in [2.05, 4.69) is 15.2 Å². The predicted molar refractivity (Wildman–Crippen MR) is 79.3 cm³/mol. The molecule has 0 aliphatic heterocycles. The van der Waals surface area contributed by atoms with Crippen molar-refractivity contribution < 1.29 is 13.2 Å². The zero-order chi connectivity index (χ0) is 16.4. The molecule has 0 spiro atoms. The monoisotopic (exact) mass is 318 g/mol. The number of benzene rings is 2. The van der Waals surface area contributed by atoms with Gasteiger partial charge in [-0.15, -0.1) is 0 Å². The fourth-order valence-electron chi connectivity index (χ4n) is 2.20. The number of H-pyrrole nitrogens is 1. The Hall–Kier alpha value is -2.67. The van der Waals surface area contributed by atoms with Crippen LogP contribution in [0, 0.1) is 0 Å². The van der Waals surface area contributed by atoms with E-state index in [0.29, 0.717) is 5.82 Å². The van der Waals surface area contributed by atoms with E-state index < -0.39 is 17.8 Å². The summed E-state index contributed by atoms with van der Waals surface area (Å²) in [4.78, 5) is 4.22. The lowest BCUT2D eigenvalue weighted by Crippen LogP contribution is -2.13. The molecular formula is C16H13F3N4. The van der Waals surface area contributed by atoms with E-state index in [1.165, 1.54) is 12.1 Å². The summed E-state index contributed by atoms with van der Waals surface area (Å²) in [6.07, 6.45) is -4.41. The van der Waals surface area contributed by atoms with E-state index in [0.717, 1.165) is 17.7 Å². The van der Waals surface area contributed by atoms with Crippen molar-refractivity contribution in [3.8, 4) is 11.4 Å². The molecule has 1 atom stereocenters. The van der Waals surface area contributed by atoms with Crippen LogP contribution in [0.15, 0.2) is 54.6 Å². The van der Waals surface area contributed by atoms with Gasteiger partial charge >= 0.3 is 6.18 Å². The number of aromatic amines is 1. The van der Waals surface area contributed by atoms with E-state index in [1.807, 2.05) is 30.3 Å². The van der Waals surface area contributed by atoms with Crippen LogP contribution in [0.3, 0.4) is 0 Å². The van der Waals surface area contributed by atoms with Crippen molar-refractivity contribution in [2.45, 2.75) is 12.2 Å². The van der Waals surface area contributed by atoms with E-state index in [1.54, 1.807) is 0 Å². The Morgan fingerprint density at radius 2 is 1.74 bits per heavy atom. The number of rotatable bonds is 3. The van der Waals surface area contributed by atoms with E-state index in [9.17, 15) is 13.2 Å². The second kappa shape index (κ2) is 5.85. The third-order valence-corrected chi connectivity index (χ3v) is 3.40. The highest BCUT2D eigenvalue weighted by Gasteiger charge is 2.30. The van der Waals surface area contributed by atoms with Crippen molar-refractivity contribution in [1.29, 1.82) is 0 Å². The fraction of sp³-hybridized carbons (Fsp3) is 0.125. The Morgan fingerprint density at radius 1 is 1.00 bits per heavy atom. The number of aromatic nitrogens is 3. The molecule has 1 aromatic heterocycles. The van der Waals surface area contributed by atoms with Crippen LogP contribution < -0.4 is 5.73 Å². The summed E-state index contributed by atoms with van der Waals surface area (Å²) in [6, 6.07) is 13.6. The molecule has 0 aliphatic rings. The molecule has 23 heavy (non-hydrogen) atoms. The first-order valence-electron chi connectivity index (χ1n) is 6.85. The molecule has 7 heteroatoms. The van der Waals surface area contributed by atoms with E-state index in [4.69, 9.17) is 5.73 Å². The van der Waals surface area contributed by atoms with Crippen molar-refractivity contribution in [3.63, 3.8) is 0 Å². The number of halogens is 3. The van der Waals surface area contributed by atoms with Crippen LogP contribution in [0.25, 0.3) is 11.4 Å². The van der Waals surface area contributed by atoms with Crippen molar-refractivity contribution in [2.24, 2.45) is 5.73 Å². The van der Waals surface area contributed by atoms with Crippen molar-refractivity contribution in [1.82, 2.24) is 15.2 Å². The lowest BCUT2D eigenvalue weighted by molar-refractivity contribution is -0.137. The molecule has 0 amide bonds. The molecule has 0 saturated heterocycles. The number of nitrogens with one attached hydrogen (secondary N) is 1. The molecule has 4 nitrogen and oxygen atoms in total. The molecule has 118 valence electrons. The van der Waals surface area contributed by atoms with Crippen molar-refractivity contribution >= 4 is 0 Å². The second-order valence-electron chi connectivity index (χ2n) is 5.01. The molecule has 0 saturated carbocycles. The zero-order valence-electron chi connectivity index (χ0n) is 11.9.